The lowest BCUT2D eigenvalue weighted by Gasteiger charge is -2.65. The molecule has 3 aliphatic carbocycles. The highest BCUT2D eigenvalue weighted by Gasteiger charge is 2.69. The second-order valence-corrected chi connectivity index (χ2v) is 6.59. The van der Waals surface area contributed by atoms with Crippen molar-refractivity contribution in [2.75, 3.05) is 19.0 Å². The highest BCUT2D eigenvalue weighted by atomic mass is 19.1. The lowest BCUT2D eigenvalue weighted by molar-refractivity contribution is -0.162. The summed E-state index contributed by atoms with van der Waals surface area (Å²) in [5, 5.41) is 3.91. The van der Waals surface area contributed by atoms with Crippen LogP contribution in [0.5, 0.6) is 0 Å². The Kier molecular flexibility index (Phi) is 2.25. The van der Waals surface area contributed by atoms with Gasteiger partial charge in [-0.2, -0.15) is 0 Å². The summed E-state index contributed by atoms with van der Waals surface area (Å²) in [5.41, 5.74) is 0.0348. The van der Waals surface area contributed by atoms with Crippen molar-refractivity contribution in [1.29, 1.82) is 0 Å². The van der Waals surface area contributed by atoms with E-state index in [4.69, 9.17) is 0 Å². The first-order valence-corrected chi connectivity index (χ1v) is 7.06. The van der Waals surface area contributed by atoms with Gasteiger partial charge in [0.1, 0.15) is 11.4 Å². The summed E-state index contributed by atoms with van der Waals surface area (Å²) in [7, 11) is 3.82. The lowest BCUT2D eigenvalue weighted by atomic mass is 9.47. The van der Waals surface area contributed by atoms with E-state index in [-0.39, 0.29) is 11.4 Å². The predicted molar refractivity (Wildman–Crippen MR) is 78.3 cm³/mol. The third-order valence-corrected chi connectivity index (χ3v) is 4.54. The number of hydrogen-bond donors (Lipinski definition) is 2. The molecule has 2 bridgehead atoms. The minimum atomic E-state index is -1.00. The number of nitrogens with one attached hydrogen (secondary N) is 2. The largest absolute Gasteiger partial charge is 0.361 e. The van der Waals surface area contributed by atoms with Crippen LogP contribution in [-0.2, 0) is 0 Å². The number of fused-ring (bicyclic) bond motifs is 1. The number of carbonyl (C=O) groups excluding carboxylic acids is 1. The summed E-state index contributed by atoms with van der Waals surface area (Å²) < 4.78 is 13.5. The third kappa shape index (κ3) is 1.74. The Morgan fingerprint density at radius 1 is 1.43 bits per heavy atom. The summed E-state index contributed by atoms with van der Waals surface area (Å²) >= 11 is 0. The summed E-state index contributed by atoms with van der Waals surface area (Å²) in [6, 6.07) is 3.68. The van der Waals surface area contributed by atoms with Gasteiger partial charge in [0.25, 0.3) is 5.91 Å². The summed E-state index contributed by atoms with van der Waals surface area (Å²) in [6.45, 7) is 0. The molecule has 2 heterocycles. The van der Waals surface area contributed by atoms with Crippen LogP contribution in [0, 0.1) is 0 Å². The van der Waals surface area contributed by atoms with E-state index < -0.39 is 5.67 Å². The van der Waals surface area contributed by atoms with Crippen LogP contribution in [0.2, 0.25) is 0 Å². The minimum Gasteiger partial charge on any atom is -0.361 e. The van der Waals surface area contributed by atoms with Gasteiger partial charge >= 0.3 is 0 Å². The van der Waals surface area contributed by atoms with Crippen molar-refractivity contribution in [3.05, 3.63) is 24.0 Å². The van der Waals surface area contributed by atoms with E-state index in [1.54, 1.807) is 6.20 Å². The number of H-pyrrole nitrogens is 1. The summed E-state index contributed by atoms with van der Waals surface area (Å²) in [6.07, 6.45) is 3.09. The zero-order valence-corrected chi connectivity index (χ0v) is 12.0. The molecule has 5 rings (SSSR count). The van der Waals surface area contributed by atoms with Gasteiger partial charge in [-0.3, -0.25) is 4.79 Å². The van der Waals surface area contributed by atoms with Gasteiger partial charge in [-0.25, -0.2) is 9.37 Å². The number of hydrogen-bond acceptors (Lipinski definition) is 3. The van der Waals surface area contributed by atoms with E-state index in [9.17, 15) is 9.18 Å². The number of pyridine rings is 1. The van der Waals surface area contributed by atoms with Crippen LogP contribution >= 0.6 is 0 Å². The first kappa shape index (κ1) is 12.6. The van der Waals surface area contributed by atoms with Gasteiger partial charge in [0, 0.05) is 50.5 Å². The van der Waals surface area contributed by atoms with Crippen molar-refractivity contribution >= 4 is 22.6 Å². The van der Waals surface area contributed by atoms with Gasteiger partial charge in [-0.1, -0.05) is 0 Å². The molecule has 0 atom stereocenters. The second kappa shape index (κ2) is 3.75. The van der Waals surface area contributed by atoms with Crippen molar-refractivity contribution in [2.24, 2.45) is 0 Å². The quantitative estimate of drug-likeness (QED) is 0.908. The fourth-order valence-corrected chi connectivity index (χ4v) is 3.61. The van der Waals surface area contributed by atoms with Gasteiger partial charge in [-0.05, 0) is 12.1 Å². The Balaban J connectivity index is 1.62. The molecule has 21 heavy (non-hydrogen) atoms. The summed E-state index contributed by atoms with van der Waals surface area (Å²) in [5.74, 6) is 0.623. The van der Waals surface area contributed by atoms with E-state index in [0.29, 0.717) is 25.0 Å². The number of aromatic amines is 1. The highest BCUT2D eigenvalue weighted by Crippen LogP contribution is 2.62. The lowest BCUT2D eigenvalue weighted by Crippen LogP contribution is -2.76. The number of amides is 1. The topological polar surface area (TPSA) is 61.0 Å². The Morgan fingerprint density at radius 2 is 2.14 bits per heavy atom. The van der Waals surface area contributed by atoms with Crippen LogP contribution in [-0.4, -0.2) is 41.2 Å². The summed E-state index contributed by atoms with van der Waals surface area (Å²) in [4.78, 5) is 21.7. The van der Waals surface area contributed by atoms with Crippen LogP contribution < -0.4 is 10.2 Å². The number of nitrogens with zero attached hydrogens (tertiary/aromatic N) is 2. The van der Waals surface area contributed by atoms with Gasteiger partial charge in [0.2, 0.25) is 0 Å². The van der Waals surface area contributed by atoms with Gasteiger partial charge in [0.05, 0.1) is 5.52 Å². The van der Waals surface area contributed by atoms with E-state index in [1.807, 2.05) is 31.1 Å². The molecule has 0 saturated heterocycles. The average Bonchev–Trinajstić information content (AvgIpc) is 2.78. The normalized spacial score (nSPS) is 29.7. The van der Waals surface area contributed by atoms with Gasteiger partial charge in [-0.15, -0.1) is 0 Å². The Bertz CT molecular complexity index is 731. The van der Waals surface area contributed by atoms with E-state index in [2.05, 4.69) is 15.3 Å². The molecule has 2 aromatic heterocycles. The zero-order valence-electron chi connectivity index (χ0n) is 12.0. The van der Waals surface area contributed by atoms with Crippen LogP contribution in [0.25, 0.3) is 10.9 Å². The first-order valence-electron chi connectivity index (χ1n) is 7.06. The molecule has 1 amide bonds. The maximum absolute atomic E-state index is 13.5. The molecule has 3 saturated carbocycles. The number of rotatable bonds is 3. The molecule has 2 aromatic rings. The van der Waals surface area contributed by atoms with Crippen molar-refractivity contribution in [2.45, 2.75) is 30.5 Å². The van der Waals surface area contributed by atoms with Crippen molar-refractivity contribution in [3.63, 3.8) is 0 Å². The number of alkyl halides is 1. The maximum atomic E-state index is 13.5. The molecular formula is C15H17FN4O. The molecule has 0 spiro atoms. The van der Waals surface area contributed by atoms with Crippen LogP contribution in [0.1, 0.15) is 29.8 Å². The van der Waals surface area contributed by atoms with Gasteiger partial charge in [0.15, 0.2) is 5.82 Å². The molecule has 5 nitrogen and oxygen atoms in total. The minimum absolute atomic E-state index is 0.169. The van der Waals surface area contributed by atoms with Crippen molar-refractivity contribution in [1.82, 2.24) is 15.3 Å². The van der Waals surface area contributed by atoms with Crippen LogP contribution in [0.3, 0.4) is 0 Å². The molecule has 0 aromatic carbocycles. The average molecular weight is 288 g/mol. The number of halogens is 1. The highest BCUT2D eigenvalue weighted by molar-refractivity contribution is 6.01. The zero-order chi connectivity index (χ0) is 14.8. The molecule has 3 aliphatic rings. The predicted octanol–water partition coefficient (Wildman–Crippen LogP) is 2.00. The van der Waals surface area contributed by atoms with Gasteiger partial charge < -0.3 is 15.2 Å². The maximum Gasteiger partial charge on any atom is 0.268 e. The molecule has 6 heteroatoms. The standard InChI is InChI=1S/C15H17FN4O/c1-20(2)12-11-9(3-4-17-12)5-10(18-11)13(21)19-15-6-14(16,7-15)8-15/h3-5,18H,6-8H2,1-2H3,(H,19,21). The Hall–Kier alpha value is -2.11. The van der Waals surface area contributed by atoms with Crippen LogP contribution in [0.4, 0.5) is 10.2 Å². The first-order chi connectivity index (χ1) is 9.90. The molecule has 3 fully saturated rings. The molecule has 0 unspecified atom stereocenters. The van der Waals surface area contributed by atoms with E-state index in [1.165, 1.54) is 0 Å². The number of aromatic nitrogens is 2. The SMILES string of the molecule is CN(C)c1nccc2cc(C(=O)NC34CC(F)(C3)C4)[nH]c12. The molecule has 2 N–H and O–H groups in total. The molecular weight excluding hydrogens is 271 g/mol. The Labute approximate surface area is 121 Å². The van der Waals surface area contributed by atoms with Crippen molar-refractivity contribution in [3.8, 4) is 0 Å². The van der Waals surface area contributed by atoms with E-state index >= 15 is 0 Å². The molecule has 110 valence electrons. The van der Waals surface area contributed by atoms with E-state index in [0.717, 1.165) is 16.7 Å². The Morgan fingerprint density at radius 3 is 2.76 bits per heavy atom. The monoisotopic (exact) mass is 288 g/mol. The van der Waals surface area contributed by atoms with Crippen LogP contribution in [0.15, 0.2) is 18.3 Å². The fraction of sp³-hybridized carbons (Fsp3) is 0.467. The molecule has 0 radical (unpaired) electrons. The van der Waals surface area contributed by atoms with Crippen molar-refractivity contribution < 1.29 is 9.18 Å². The number of carbonyl (C=O) groups is 1. The third-order valence-electron chi connectivity index (χ3n) is 4.54. The number of anilines is 1. The molecule has 0 aliphatic heterocycles. The fourth-order valence-electron chi connectivity index (χ4n) is 3.61. The smallest absolute Gasteiger partial charge is 0.268 e. The second-order valence-electron chi connectivity index (χ2n) is 6.59.